The molecule has 1 heterocycles. The summed E-state index contributed by atoms with van der Waals surface area (Å²) >= 11 is 0. The zero-order valence-corrected chi connectivity index (χ0v) is 24.8. The zero-order valence-electron chi connectivity index (χ0n) is 24.8. The number of aliphatic carboxylic acids is 1. The first-order chi connectivity index (χ1) is 21.2. The fourth-order valence-electron chi connectivity index (χ4n) is 5.00. The molecule has 0 fully saturated rings. The highest BCUT2D eigenvalue weighted by Crippen LogP contribution is 2.21. The number of carbonyl (C=O) groups is 5. The number of benzene rings is 2. The van der Waals surface area contributed by atoms with Crippen molar-refractivity contribution in [3.05, 3.63) is 71.8 Å². The van der Waals surface area contributed by atoms with Crippen LogP contribution in [0, 0.1) is 0 Å². The van der Waals surface area contributed by atoms with E-state index in [1.165, 1.54) is 0 Å². The lowest BCUT2D eigenvalue weighted by Gasteiger charge is -2.40. The number of amides is 4. The smallest absolute Gasteiger partial charge is 0.326 e. The number of hydrogen-bond donors (Lipinski definition) is 7. The SMILES string of the molecule is CCCCC(NC(=O)CNC(=O)NC(Cc1ccccc1)C(=O)O)C(=O)NC(C=O)(Cc1ccccc1)C1CCN=C(N)N1. The molecular weight excluding hydrogens is 566 g/mol. The molecule has 1 aliphatic heterocycles. The molecule has 4 amide bonds. The molecule has 44 heavy (non-hydrogen) atoms. The van der Waals surface area contributed by atoms with Crippen LogP contribution >= 0.6 is 0 Å². The lowest BCUT2D eigenvalue weighted by atomic mass is 9.82. The number of guanidine groups is 1. The van der Waals surface area contributed by atoms with Crippen LogP contribution in [0.15, 0.2) is 65.7 Å². The lowest BCUT2D eigenvalue weighted by Crippen LogP contribution is -2.68. The highest BCUT2D eigenvalue weighted by atomic mass is 16.4. The molecule has 4 unspecified atom stereocenters. The van der Waals surface area contributed by atoms with Gasteiger partial charge in [0.2, 0.25) is 11.8 Å². The molecule has 2 aromatic rings. The van der Waals surface area contributed by atoms with Crippen molar-refractivity contribution in [3.63, 3.8) is 0 Å². The van der Waals surface area contributed by atoms with Crippen molar-refractivity contribution < 1.29 is 29.1 Å². The van der Waals surface area contributed by atoms with Gasteiger partial charge in [-0.2, -0.15) is 0 Å². The van der Waals surface area contributed by atoms with Gasteiger partial charge in [0.1, 0.15) is 23.9 Å². The maximum absolute atomic E-state index is 13.7. The average molecular weight is 608 g/mol. The van der Waals surface area contributed by atoms with Gasteiger partial charge in [-0.15, -0.1) is 0 Å². The molecule has 0 saturated carbocycles. The third kappa shape index (κ3) is 10.1. The zero-order chi connectivity index (χ0) is 32.0. The maximum Gasteiger partial charge on any atom is 0.326 e. The van der Waals surface area contributed by atoms with Crippen LogP contribution in [0.25, 0.3) is 0 Å². The summed E-state index contributed by atoms with van der Waals surface area (Å²) in [5.41, 5.74) is 6.06. The Balaban J connectivity index is 1.67. The van der Waals surface area contributed by atoms with E-state index in [4.69, 9.17) is 5.73 Å². The van der Waals surface area contributed by atoms with Gasteiger partial charge in [0, 0.05) is 19.4 Å². The molecule has 3 rings (SSSR count). The normalized spacial score (nSPS) is 16.9. The van der Waals surface area contributed by atoms with Gasteiger partial charge in [-0.3, -0.25) is 14.6 Å². The van der Waals surface area contributed by atoms with Crippen LogP contribution < -0.4 is 32.3 Å². The number of hydrogen-bond acceptors (Lipinski definition) is 8. The van der Waals surface area contributed by atoms with Crippen molar-refractivity contribution in [1.29, 1.82) is 0 Å². The number of aliphatic imine (C=N–C) groups is 1. The summed E-state index contributed by atoms with van der Waals surface area (Å²) in [4.78, 5) is 67.5. The Morgan fingerprint density at radius 2 is 1.70 bits per heavy atom. The van der Waals surface area contributed by atoms with Crippen molar-refractivity contribution >= 4 is 36.1 Å². The minimum Gasteiger partial charge on any atom is -0.480 e. The van der Waals surface area contributed by atoms with E-state index >= 15 is 0 Å². The van der Waals surface area contributed by atoms with E-state index in [-0.39, 0.29) is 18.8 Å². The van der Waals surface area contributed by atoms with Gasteiger partial charge >= 0.3 is 12.0 Å². The summed E-state index contributed by atoms with van der Waals surface area (Å²) in [5.74, 6) is -2.27. The fraction of sp³-hybridized carbons (Fsp3) is 0.419. The summed E-state index contributed by atoms with van der Waals surface area (Å²) in [6, 6.07) is 14.5. The molecule has 1 aliphatic rings. The highest BCUT2D eigenvalue weighted by Gasteiger charge is 2.43. The van der Waals surface area contributed by atoms with Crippen LogP contribution in [0.1, 0.15) is 43.7 Å². The molecule has 236 valence electrons. The van der Waals surface area contributed by atoms with E-state index in [1.54, 1.807) is 30.3 Å². The Bertz CT molecular complexity index is 1310. The summed E-state index contributed by atoms with van der Waals surface area (Å²) in [5, 5.41) is 22.8. The van der Waals surface area contributed by atoms with Crippen LogP contribution in [0.4, 0.5) is 4.79 Å². The Labute approximate surface area is 256 Å². The van der Waals surface area contributed by atoms with Crippen LogP contribution in [-0.4, -0.2) is 77.9 Å². The highest BCUT2D eigenvalue weighted by molar-refractivity contribution is 5.92. The average Bonchev–Trinajstić information content (AvgIpc) is 3.02. The molecule has 0 radical (unpaired) electrons. The first-order valence-electron chi connectivity index (χ1n) is 14.6. The standard InChI is InChI=1S/C31H41N7O6/c1-2-3-14-23(35-26(40)19-34-30(44)36-24(28(42)43)17-21-10-6-4-7-11-21)27(41)38-31(20-39,18-22-12-8-5-9-13-22)25-15-16-33-29(32)37-25/h4-13,20,23-25H,2-3,14-19H2,1H3,(H,35,40)(H,38,41)(H,42,43)(H3,32,33,37)(H2,34,36,44). The topological polar surface area (TPSA) is 204 Å². The number of nitrogens with two attached hydrogens (primary N) is 1. The van der Waals surface area contributed by atoms with Gasteiger partial charge in [0.05, 0.1) is 12.6 Å². The first-order valence-corrected chi connectivity index (χ1v) is 14.6. The summed E-state index contributed by atoms with van der Waals surface area (Å²) < 4.78 is 0. The molecular formula is C31H41N7O6. The number of carbonyl (C=O) groups excluding carboxylic acids is 4. The van der Waals surface area contributed by atoms with Gasteiger partial charge in [0.15, 0.2) is 5.96 Å². The maximum atomic E-state index is 13.7. The molecule has 2 aromatic carbocycles. The number of carboxylic acid groups (broad SMARTS) is 1. The monoisotopic (exact) mass is 607 g/mol. The minimum absolute atomic E-state index is 0.0594. The molecule has 0 spiro atoms. The predicted octanol–water partition coefficient (Wildman–Crippen LogP) is 0.630. The largest absolute Gasteiger partial charge is 0.480 e. The number of nitrogens with one attached hydrogen (secondary N) is 5. The van der Waals surface area contributed by atoms with E-state index in [2.05, 4.69) is 31.6 Å². The van der Waals surface area contributed by atoms with Gasteiger partial charge < -0.3 is 42.2 Å². The van der Waals surface area contributed by atoms with Gasteiger partial charge in [-0.05, 0) is 24.0 Å². The Kier molecular flexibility index (Phi) is 12.7. The number of rotatable bonds is 16. The Hall–Kier alpha value is -4.94. The molecule has 0 bridgehead atoms. The first kappa shape index (κ1) is 33.6. The van der Waals surface area contributed by atoms with Crippen molar-refractivity contribution in [3.8, 4) is 0 Å². The van der Waals surface area contributed by atoms with Gasteiger partial charge in [-0.1, -0.05) is 80.4 Å². The summed E-state index contributed by atoms with van der Waals surface area (Å²) in [7, 11) is 0. The van der Waals surface area contributed by atoms with Crippen molar-refractivity contribution in [2.45, 2.75) is 69.1 Å². The fourth-order valence-corrected chi connectivity index (χ4v) is 5.00. The van der Waals surface area contributed by atoms with Gasteiger partial charge in [0.25, 0.3) is 0 Å². The number of carboxylic acids is 1. The predicted molar refractivity (Wildman–Crippen MR) is 165 cm³/mol. The van der Waals surface area contributed by atoms with Crippen LogP contribution in [0.5, 0.6) is 0 Å². The lowest BCUT2D eigenvalue weighted by molar-refractivity contribution is -0.139. The van der Waals surface area contributed by atoms with E-state index in [0.29, 0.717) is 32.1 Å². The quantitative estimate of drug-likeness (QED) is 0.135. The molecule has 13 heteroatoms. The molecule has 4 atom stereocenters. The van der Waals surface area contributed by atoms with E-state index < -0.39 is 54.0 Å². The molecule has 0 saturated heterocycles. The number of nitrogens with zero attached hydrogens (tertiary/aromatic N) is 1. The third-order valence-corrected chi connectivity index (χ3v) is 7.34. The van der Waals surface area contributed by atoms with Crippen molar-refractivity contribution in [2.75, 3.05) is 13.1 Å². The van der Waals surface area contributed by atoms with E-state index in [1.807, 2.05) is 37.3 Å². The Morgan fingerprint density at radius 1 is 1.05 bits per heavy atom. The molecule has 13 nitrogen and oxygen atoms in total. The number of unbranched alkanes of at least 4 members (excludes halogenated alkanes) is 1. The number of urea groups is 1. The van der Waals surface area contributed by atoms with E-state index in [0.717, 1.165) is 17.5 Å². The minimum atomic E-state index is -1.39. The number of aldehydes is 1. The third-order valence-electron chi connectivity index (χ3n) is 7.34. The summed E-state index contributed by atoms with van der Waals surface area (Å²) in [6.45, 7) is 1.82. The molecule has 8 N–H and O–H groups in total. The van der Waals surface area contributed by atoms with Crippen molar-refractivity contribution in [2.24, 2.45) is 10.7 Å². The second kappa shape index (κ2) is 16.6. The van der Waals surface area contributed by atoms with Gasteiger partial charge in [-0.25, -0.2) is 9.59 Å². The molecule has 0 aromatic heterocycles. The van der Waals surface area contributed by atoms with Crippen LogP contribution in [0.3, 0.4) is 0 Å². The molecule has 0 aliphatic carbocycles. The summed E-state index contributed by atoms with van der Waals surface area (Å²) in [6.07, 6.45) is 3.03. The van der Waals surface area contributed by atoms with Crippen molar-refractivity contribution in [1.82, 2.24) is 26.6 Å². The van der Waals surface area contributed by atoms with Crippen LogP contribution in [-0.2, 0) is 32.0 Å². The second-order valence-electron chi connectivity index (χ2n) is 10.7. The van der Waals surface area contributed by atoms with E-state index in [9.17, 15) is 29.1 Å². The van der Waals surface area contributed by atoms with Crippen LogP contribution in [0.2, 0.25) is 0 Å². The second-order valence-corrected chi connectivity index (χ2v) is 10.7. The Morgan fingerprint density at radius 3 is 2.30 bits per heavy atom.